The molecule has 0 atom stereocenters. The zero-order chi connectivity index (χ0) is 13.5. The van der Waals surface area contributed by atoms with Crippen molar-refractivity contribution in [3.63, 3.8) is 0 Å². The molecule has 1 aromatic carbocycles. The highest BCUT2D eigenvalue weighted by atomic mass is 32.1. The summed E-state index contributed by atoms with van der Waals surface area (Å²) in [5, 5.41) is 10.8. The SMILES string of the molecule is Nc1nc2cc([N+](=O)[O-])c(OC(F)(F)F)cc2s1. The second-order valence-corrected chi connectivity index (χ2v) is 4.21. The van der Waals surface area contributed by atoms with Gasteiger partial charge < -0.3 is 10.5 Å². The first-order valence-electron chi connectivity index (χ1n) is 4.36. The van der Waals surface area contributed by atoms with Gasteiger partial charge >= 0.3 is 12.0 Å². The molecule has 0 amide bonds. The summed E-state index contributed by atoms with van der Waals surface area (Å²) in [6, 6.07) is 1.79. The number of aromatic nitrogens is 1. The smallest absolute Gasteiger partial charge is 0.398 e. The quantitative estimate of drug-likeness (QED) is 0.674. The second kappa shape index (κ2) is 3.98. The summed E-state index contributed by atoms with van der Waals surface area (Å²) in [5.74, 6) is -0.886. The molecule has 0 saturated carbocycles. The van der Waals surface area contributed by atoms with E-state index in [2.05, 4.69) is 9.72 Å². The molecule has 0 spiro atoms. The van der Waals surface area contributed by atoms with Crippen LogP contribution < -0.4 is 10.5 Å². The van der Waals surface area contributed by atoms with Crippen LogP contribution in [0, 0.1) is 10.1 Å². The number of halogens is 3. The van der Waals surface area contributed by atoms with Gasteiger partial charge in [0, 0.05) is 12.1 Å². The number of hydrogen-bond acceptors (Lipinski definition) is 6. The van der Waals surface area contributed by atoms with Gasteiger partial charge in [0.2, 0.25) is 5.75 Å². The fraction of sp³-hybridized carbons (Fsp3) is 0.125. The van der Waals surface area contributed by atoms with Crippen molar-refractivity contribution in [3.05, 3.63) is 22.2 Å². The molecule has 1 heterocycles. The monoisotopic (exact) mass is 279 g/mol. The molecule has 2 rings (SSSR count). The third-order valence-corrected chi connectivity index (χ3v) is 2.76. The van der Waals surface area contributed by atoms with Crippen molar-refractivity contribution in [1.82, 2.24) is 4.98 Å². The van der Waals surface area contributed by atoms with Crippen LogP contribution >= 0.6 is 11.3 Å². The van der Waals surface area contributed by atoms with Crippen LogP contribution in [0.1, 0.15) is 0 Å². The van der Waals surface area contributed by atoms with Crippen LogP contribution in [0.2, 0.25) is 0 Å². The van der Waals surface area contributed by atoms with E-state index in [0.29, 0.717) is 0 Å². The van der Waals surface area contributed by atoms with E-state index in [1.54, 1.807) is 0 Å². The fourth-order valence-electron chi connectivity index (χ4n) is 1.31. The minimum Gasteiger partial charge on any atom is -0.398 e. The van der Waals surface area contributed by atoms with Crippen LogP contribution in [0.15, 0.2) is 12.1 Å². The summed E-state index contributed by atoms with van der Waals surface area (Å²) in [7, 11) is 0. The summed E-state index contributed by atoms with van der Waals surface area (Å²) in [5.41, 5.74) is 4.71. The summed E-state index contributed by atoms with van der Waals surface area (Å²) in [6.07, 6.45) is -5.01. The molecule has 0 unspecified atom stereocenters. The van der Waals surface area contributed by atoms with E-state index in [9.17, 15) is 23.3 Å². The standard InChI is InChI=1S/C8H4F3N3O3S/c9-8(10,11)17-5-2-6-3(13-7(12)18-6)1-4(5)14(15)16/h1-2H,(H2,12,13). The van der Waals surface area contributed by atoms with Gasteiger partial charge in [-0.1, -0.05) is 11.3 Å². The van der Waals surface area contributed by atoms with Gasteiger partial charge in [0.1, 0.15) is 0 Å². The van der Waals surface area contributed by atoms with E-state index >= 15 is 0 Å². The number of nitro benzene ring substituents is 1. The van der Waals surface area contributed by atoms with E-state index in [1.807, 2.05) is 0 Å². The molecule has 0 bridgehead atoms. The van der Waals surface area contributed by atoms with E-state index in [0.717, 1.165) is 23.5 Å². The van der Waals surface area contributed by atoms with Crippen LogP contribution in [0.3, 0.4) is 0 Å². The predicted octanol–water partition coefficient (Wildman–Crippen LogP) is 2.69. The molecular weight excluding hydrogens is 275 g/mol. The van der Waals surface area contributed by atoms with E-state index < -0.39 is 22.7 Å². The van der Waals surface area contributed by atoms with Crippen LogP contribution in [0.5, 0.6) is 5.75 Å². The van der Waals surface area contributed by atoms with Crippen molar-refractivity contribution >= 4 is 32.4 Å². The highest BCUT2D eigenvalue weighted by Crippen LogP contribution is 2.37. The molecule has 2 N–H and O–H groups in total. The minimum atomic E-state index is -5.01. The van der Waals surface area contributed by atoms with Crippen LogP contribution in [0.25, 0.3) is 10.2 Å². The van der Waals surface area contributed by atoms with Gasteiger partial charge in [-0.2, -0.15) is 0 Å². The number of nitrogens with two attached hydrogens (primary N) is 1. The van der Waals surface area contributed by atoms with Crippen molar-refractivity contribution < 1.29 is 22.8 Å². The molecule has 6 nitrogen and oxygen atoms in total. The summed E-state index contributed by atoms with van der Waals surface area (Å²) in [4.78, 5) is 13.4. The molecule has 0 saturated heterocycles. The first-order valence-corrected chi connectivity index (χ1v) is 5.18. The average molecular weight is 279 g/mol. The first kappa shape index (κ1) is 12.4. The van der Waals surface area contributed by atoms with Gasteiger partial charge in [0.05, 0.1) is 15.1 Å². The zero-order valence-electron chi connectivity index (χ0n) is 8.39. The molecule has 0 fully saturated rings. The third-order valence-electron chi connectivity index (χ3n) is 1.91. The Morgan fingerprint density at radius 3 is 2.67 bits per heavy atom. The van der Waals surface area contributed by atoms with Crippen LogP contribution in [0.4, 0.5) is 24.0 Å². The average Bonchev–Trinajstić information content (AvgIpc) is 2.53. The Bertz CT molecular complexity index is 625. The van der Waals surface area contributed by atoms with Gasteiger partial charge in [0.25, 0.3) is 0 Å². The van der Waals surface area contributed by atoms with Gasteiger partial charge in [-0.25, -0.2) is 4.98 Å². The number of fused-ring (bicyclic) bond motifs is 1. The summed E-state index contributed by atoms with van der Waals surface area (Å²) >= 11 is 0.909. The molecule has 2 aromatic rings. The Balaban J connectivity index is 2.61. The van der Waals surface area contributed by atoms with Crippen molar-refractivity contribution in [3.8, 4) is 5.75 Å². The Hall–Kier alpha value is -2.10. The van der Waals surface area contributed by atoms with Crippen LogP contribution in [-0.4, -0.2) is 16.3 Å². The lowest BCUT2D eigenvalue weighted by molar-refractivity contribution is -0.388. The van der Waals surface area contributed by atoms with Crippen molar-refractivity contribution in [2.45, 2.75) is 6.36 Å². The van der Waals surface area contributed by atoms with Gasteiger partial charge in [-0.05, 0) is 0 Å². The lowest BCUT2D eigenvalue weighted by Gasteiger charge is -2.08. The Morgan fingerprint density at radius 1 is 1.44 bits per heavy atom. The molecule has 1 aromatic heterocycles. The van der Waals surface area contributed by atoms with Crippen molar-refractivity contribution in [2.75, 3.05) is 5.73 Å². The molecule has 0 aliphatic rings. The zero-order valence-corrected chi connectivity index (χ0v) is 9.21. The predicted molar refractivity (Wildman–Crippen MR) is 57.4 cm³/mol. The molecule has 96 valence electrons. The van der Waals surface area contributed by atoms with Gasteiger partial charge in [0.15, 0.2) is 5.13 Å². The van der Waals surface area contributed by atoms with E-state index in [1.165, 1.54) is 0 Å². The number of nitrogens with zero attached hydrogens (tertiary/aromatic N) is 2. The Kier molecular flexibility index (Phi) is 2.73. The minimum absolute atomic E-state index is 0.100. The lowest BCUT2D eigenvalue weighted by Crippen LogP contribution is -2.17. The number of ether oxygens (including phenoxy) is 1. The van der Waals surface area contributed by atoms with Crippen molar-refractivity contribution in [2.24, 2.45) is 0 Å². The summed E-state index contributed by atoms with van der Waals surface area (Å²) in [6.45, 7) is 0. The topological polar surface area (TPSA) is 91.3 Å². The first-order chi connectivity index (χ1) is 8.26. The Morgan fingerprint density at radius 2 is 2.11 bits per heavy atom. The highest BCUT2D eigenvalue weighted by Gasteiger charge is 2.34. The maximum absolute atomic E-state index is 12.1. The largest absolute Gasteiger partial charge is 0.573 e. The molecule has 10 heteroatoms. The number of benzene rings is 1. The number of alkyl halides is 3. The summed E-state index contributed by atoms with van der Waals surface area (Å²) < 4.78 is 40.2. The number of rotatable bonds is 2. The molecular formula is C8H4F3N3O3S. The number of nitro groups is 1. The molecule has 0 radical (unpaired) electrons. The fourth-order valence-corrected chi connectivity index (χ4v) is 2.06. The normalized spacial score (nSPS) is 11.7. The number of thiazole rings is 1. The number of anilines is 1. The second-order valence-electron chi connectivity index (χ2n) is 3.14. The van der Waals surface area contributed by atoms with Gasteiger partial charge in [-0.3, -0.25) is 10.1 Å². The molecule has 18 heavy (non-hydrogen) atoms. The molecule has 0 aliphatic carbocycles. The maximum Gasteiger partial charge on any atom is 0.573 e. The Labute approximate surface area is 101 Å². The number of hydrogen-bond donors (Lipinski definition) is 1. The van der Waals surface area contributed by atoms with Gasteiger partial charge in [-0.15, -0.1) is 13.2 Å². The molecule has 0 aliphatic heterocycles. The van der Waals surface area contributed by atoms with E-state index in [-0.39, 0.29) is 15.3 Å². The highest BCUT2D eigenvalue weighted by molar-refractivity contribution is 7.22. The number of nitrogen functional groups attached to an aromatic ring is 1. The van der Waals surface area contributed by atoms with E-state index in [4.69, 9.17) is 5.73 Å². The van der Waals surface area contributed by atoms with Crippen molar-refractivity contribution in [1.29, 1.82) is 0 Å². The van der Waals surface area contributed by atoms with Crippen LogP contribution in [-0.2, 0) is 0 Å². The lowest BCUT2D eigenvalue weighted by atomic mass is 10.3. The maximum atomic E-state index is 12.1. The third kappa shape index (κ3) is 2.42.